The predicted molar refractivity (Wildman–Crippen MR) is 135 cm³/mol. The van der Waals surface area contributed by atoms with Crippen molar-refractivity contribution in [3.63, 3.8) is 0 Å². The van der Waals surface area contributed by atoms with Crippen LogP contribution in [0.25, 0.3) is 10.8 Å². The number of sulfonamides is 1. The molecule has 0 unspecified atom stereocenters. The summed E-state index contributed by atoms with van der Waals surface area (Å²) in [5.41, 5.74) is 1.90. The third kappa shape index (κ3) is 4.47. The molecule has 0 saturated heterocycles. The average molecular weight is 475 g/mol. The lowest BCUT2D eigenvalue weighted by Gasteiger charge is -2.22. The van der Waals surface area contributed by atoms with Crippen molar-refractivity contribution in [2.75, 3.05) is 25.5 Å². The van der Waals surface area contributed by atoms with Crippen LogP contribution in [0.1, 0.15) is 15.9 Å². The Hall–Kier alpha value is -3.84. The molecule has 0 heterocycles. The second-order valence-electron chi connectivity index (χ2n) is 7.97. The molecule has 7 heteroatoms. The van der Waals surface area contributed by atoms with E-state index in [2.05, 4.69) is 0 Å². The van der Waals surface area contributed by atoms with Crippen LogP contribution in [0.4, 0.5) is 5.69 Å². The molecular formula is C27H26N2O4S. The molecule has 0 saturated carbocycles. The smallest absolute Gasteiger partial charge is 0.264 e. The number of benzene rings is 4. The lowest BCUT2D eigenvalue weighted by molar-refractivity contribution is 0.0785. The summed E-state index contributed by atoms with van der Waals surface area (Å²) in [6.45, 7) is 0.441. The van der Waals surface area contributed by atoms with Gasteiger partial charge >= 0.3 is 0 Å². The van der Waals surface area contributed by atoms with E-state index in [9.17, 15) is 13.2 Å². The summed E-state index contributed by atoms with van der Waals surface area (Å²) in [6.07, 6.45) is 0. The molecule has 174 valence electrons. The number of nitrogens with zero attached hydrogens (tertiary/aromatic N) is 2. The fourth-order valence-corrected chi connectivity index (χ4v) is 5.13. The van der Waals surface area contributed by atoms with Crippen LogP contribution in [0.15, 0.2) is 95.9 Å². The van der Waals surface area contributed by atoms with Crippen molar-refractivity contribution >= 4 is 32.4 Å². The minimum Gasteiger partial charge on any atom is -0.495 e. The summed E-state index contributed by atoms with van der Waals surface area (Å²) in [4.78, 5) is 14.8. The molecule has 0 aromatic heterocycles. The fourth-order valence-electron chi connectivity index (χ4n) is 3.93. The highest BCUT2D eigenvalue weighted by molar-refractivity contribution is 7.92. The van der Waals surface area contributed by atoms with Crippen molar-refractivity contribution in [1.29, 1.82) is 0 Å². The quantitative estimate of drug-likeness (QED) is 0.380. The number of carbonyl (C=O) groups excluding carboxylic acids is 1. The third-order valence-corrected chi connectivity index (χ3v) is 7.60. The molecule has 4 aromatic rings. The maximum atomic E-state index is 13.2. The highest BCUT2D eigenvalue weighted by Gasteiger charge is 2.24. The lowest BCUT2D eigenvalue weighted by atomic mass is 10.0. The summed E-state index contributed by atoms with van der Waals surface area (Å²) in [6, 6.07) is 27.0. The summed E-state index contributed by atoms with van der Waals surface area (Å²) in [5.74, 6) is 0.269. The Balaban J connectivity index is 1.54. The van der Waals surface area contributed by atoms with Crippen molar-refractivity contribution in [2.24, 2.45) is 0 Å². The number of methoxy groups -OCH3 is 1. The highest BCUT2D eigenvalue weighted by Crippen LogP contribution is 2.31. The van der Waals surface area contributed by atoms with Gasteiger partial charge < -0.3 is 9.64 Å². The molecule has 0 N–H and O–H groups in total. The van der Waals surface area contributed by atoms with Gasteiger partial charge in [-0.3, -0.25) is 9.10 Å². The molecule has 34 heavy (non-hydrogen) atoms. The van der Waals surface area contributed by atoms with E-state index in [1.165, 1.54) is 30.6 Å². The van der Waals surface area contributed by atoms with E-state index in [0.717, 1.165) is 16.3 Å². The van der Waals surface area contributed by atoms with Crippen molar-refractivity contribution in [2.45, 2.75) is 11.4 Å². The van der Waals surface area contributed by atoms with Crippen LogP contribution in [0.2, 0.25) is 0 Å². The van der Waals surface area contributed by atoms with Gasteiger partial charge in [-0.1, -0.05) is 54.6 Å². The Morgan fingerprint density at radius 1 is 0.824 bits per heavy atom. The molecule has 4 aromatic carbocycles. The average Bonchev–Trinajstić information content (AvgIpc) is 2.88. The number of rotatable bonds is 7. The molecule has 0 spiro atoms. The molecule has 0 bridgehead atoms. The third-order valence-electron chi connectivity index (χ3n) is 5.82. The molecule has 1 amide bonds. The molecular weight excluding hydrogens is 448 g/mol. The van der Waals surface area contributed by atoms with Crippen LogP contribution in [-0.4, -0.2) is 40.4 Å². The molecule has 0 aliphatic heterocycles. The molecule has 0 atom stereocenters. The van der Waals surface area contributed by atoms with Gasteiger partial charge in [-0.05, 0) is 52.7 Å². The van der Waals surface area contributed by atoms with Gasteiger partial charge in [0.2, 0.25) is 0 Å². The van der Waals surface area contributed by atoms with Gasteiger partial charge in [-0.15, -0.1) is 0 Å². The van der Waals surface area contributed by atoms with Crippen molar-refractivity contribution in [3.05, 3.63) is 102 Å². The van der Waals surface area contributed by atoms with Crippen LogP contribution in [0, 0.1) is 0 Å². The maximum Gasteiger partial charge on any atom is 0.264 e. The van der Waals surface area contributed by atoms with Gasteiger partial charge in [0.15, 0.2) is 0 Å². The zero-order valence-electron chi connectivity index (χ0n) is 19.3. The Morgan fingerprint density at radius 2 is 1.47 bits per heavy atom. The molecule has 6 nitrogen and oxygen atoms in total. The largest absolute Gasteiger partial charge is 0.495 e. The Morgan fingerprint density at radius 3 is 2.21 bits per heavy atom. The van der Waals surface area contributed by atoms with Crippen LogP contribution >= 0.6 is 0 Å². The number of hydrogen-bond acceptors (Lipinski definition) is 4. The van der Waals surface area contributed by atoms with Gasteiger partial charge in [0, 0.05) is 26.2 Å². The lowest BCUT2D eigenvalue weighted by Crippen LogP contribution is -2.28. The number of para-hydroxylation sites is 2. The minimum absolute atomic E-state index is 0.0918. The molecule has 0 aliphatic carbocycles. The van der Waals surface area contributed by atoms with Crippen LogP contribution in [0.3, 0.4) is 0 Å². The Labute approximate surface area is 200 Å². The zero-order chi connectivity index (χ0) is 24.3. The van der Waals surface area contributed by atoms with Crippen molar-refractivity contribution in [1.82, 2.24) is 4.90 Å². The standard InChI is InChI=1S/C27H26N2O4S/c1-28(19-22-11-8-10-20-9-4-5-12-24(20)22)27(30)21-15-17-23(18-16-21)34(31,32)29(2)25-13-6-7-14-26(25)33-3/h4-18H,19H2,1-3H3. The van der Waals surface area contributed by atoms with E-state index in [1.807, 2.05) is 42.5 Å². The van der Waals surface area contributed by atoms with Gasteiger partial charge in [0.05, 0.1) is 17.7 Å². The molecule has 0 fully saturated rings. The summed E-state index contributed by atoms with van der Waals surface area (Å²) < 4.78 is 32.8. The van der Waals surface area contributed by atoms with Gasteiger partial charge in [0.25, 0.3) is 15.9 Å². The van der Waals surface area contributed by atoms with E-state index < -0.39 is 10.0 Å². The normalized spacial score (nSPS) is 11.3. The predicted octanol–water partition coefficient (Wildman–Crippen LogP) is 4.95. The molecule has 0 radical (unpaired) electrons. The maximum absolute atomic E-state index is 13.2. The summed E-state index contributed by atoms with van der Waals surface area (Å²) in [5, 5.41) is 2.22. The van der Waals surface area contributed by atoms with Crippen molar-refractivity contribution < 1.29 is 17.9 Å². The number of hydrogen-bond donors (Lipinski definition) is 0. The van der Waals surface area contributed by atoms with E-state index in [0.29, 0.717) is 23.5 Å². The van der Waals surface area contributed by atoms with Crippen LogP contribution in [0.5, 0.6) is 5.75 Å². The van der Waals surface area contributed by atoms with E-state index in [-0.39, 0.29) is 10.8 Å². The first-order valence-corrected chi connectivity index (χ1v) is 12.2. The van der Waals surface area contributed by atoms with Gasteiger partial charge in [-0.25, -0.2) is 8.42 Å². The fraction of sp³-hybridized carbons (Fsp3) is 0.148. The van der Waals surface area contributed by atoms with Crippen LogP contribution in [-0.2, 0) is 16.6 Å². The van der Waals surface area contributed by atoms with E-state index >= 15 is 0 Å². The number of anilines is 1. The van der Waals surface area contributed by atoms with Crippen molar-refractivity contribution in [3.8, 4) is 5.75 Å². The molecule has 0 aliphatic rings. The summed E-state index contributed by atoms with van der Waals surface area (Å²) >= 11 is 0. The minimum atomic E-state index is -3.83. The van der Waals surface area contributed by atoms with Gasteiger partial charge in [-0.2, -0.15) is 0 Å². The Bertz CT molecular complexity index is 1430. The SMILES string of the molecule is COc1ccccc1N(C)S(=O)(=O)c1ccc(C(=O)N(C)Cc2cccc3ccccc23)cc1. The van der Waals surface area contributed by atoms with E-state index in [4.69, 9.17) is 4.74 Å². The highest BCUT2D eigenvalue weighted by atomic mass is 32.2. The number of amides is 1. The first-order valence-electron chi connectivity index (χ1n) is 10.8. The number of fused-ring (bicyclic) bond motifs is 1. The second kappa shape index (κ2) is 9.57. The zero-order valence-corrected chi connectivity index (χ0v) is 20.1. The Kier molecular flexibility index (Phi) is 6.56. The topological polar surface area (TPSA) is 66.9 Å². The monoisotopic (exact) mass is 474 g/mol. The first kappa shape index (κ1) is 23.3. The molecule has 4 rings (SSSR count). The summed E-state index contributed by atoms with van der Waals surface area (Å²) in [7, 11) is 0.879. The van der Waals surface area contributed by atoms with Crippen LogP contribution < -0.4 is 9.04 Å². The number of carbonyl (C=O) groups is 1. The first-order chi connectivity index (χ1) is 16.3. The second-order valence-corrected chi connectivity index (χ2v) is 9.94. The number of ether oxygens (including phenoxy) is 1. The van der Waals surface area contributed by atoms with E-state index in [1.54, 1.807) is 48.3 Å². The van der Waals surface area contributed by atoms with Gasteiger partial charge in [0.1, 0.15) is 5.75 Å².